The number of hydrogen-bond donors (Lipinski definition) is 1. The highest BCUT2D eigenvalue weighted by Gasteiger charge is 2.45. The maximum absolute atomic E-state index is 9.61. The molecule has 110 valence electrons. The van der Waals surface area contributed by atoms with Crippen LogP contribution in [0.5, 0.6) is 5.75 Å². The van der Waals surface area contributed by atoms with Gasteiger partial charge in [-0.3, -0.25) is 4.90 Å². The molecule has 1 aromatic rings. The SMILES string of the molecule is Cc1c(Br)cccc1OCC1(CN2CCC(O)C2)CC1. The van der Waals surface area contributed by atoms with E-state index in [-0.39, 0.29) is 6.10 Å². The first kappa shape index (κ1) is 14.4. The van der Waals surface area contributed by atoms with Gasteiger partial charge in [-0.15, -0.1) is 0 Å². The third-order valence-corrected chi connectivity index (χ3v) is 5.37. The zero-order valence-corrected chi connectivity index (χ0v) is 13.5. The largest absolute Gasteiger partial charge is 0.493 e. The number of hydrogen-bond acceptors (Lipinski definition) is 3. The van der Waals surface area contributed by atoms with E-state index in [1.807, 2.05) is 18.2 Å². The van der Waals surface area contributed by atoms with Crippen molar-refractivity contribution in [1.82, 2.24) is 4.90 Å². The van der Waals surface area contributed by atoms with Gasteiger partial charge in [0.05, 0.1) is 12.7 Å². The highest BCUT2D eigenvalue weighted by Crippen LogP contribution is 2.47. The summed E-state index contributed by atoms with van der Waals surface area (Å²) in [5.41, 5.74) is 1.48. The lowest BCUT2D eigenvalue weighted by atomic mass is 10.1. The quantitative estimate of drug-likeness (QED) is 0.895. The van der Waals surface area contributed by atoms with Crippen LogP contribution < -0.4 is 4.74 Å². The van der Waals surface area contributed by atoms with Gasteiger partial charge in [-0.2, -0.15) is 0 Å². The first-order chi connectivity index (χ1) is 9.58. The Labute approximate surface area is 129 Å². The van der Waals surface area contributed by atoms with Crippen LogP contribution in [0, 0.1) is 12.3 Å². The lowest BCUT2D eigenvalue weighted by Gasteiger charge is -2.23. The van der Waals surface area contributed by atoms with Gasteiger partial charge in [0.15, 0.2) is 0 Å². The summed E-state index contributed by atoms with van der Waals surface area (Å²) in [7, 11) is 0. The molecule has 1 heterocycles. The summed E-state index contributed by atoms with van der Waals surface area (Å²) >= 11 is 3.54. The van der Waals surface area contributed by atoms with Crippen LogP contribution in [0.2, 0.25) is 0 Å². The highest BCUT2D eigenvalue weighted by molar-refractivity contribution is 9.10. The Morgan fingerprint density at radius 1 is 1.45 bits per heavy atom. The number of benzene rings is 1. The standard InChI is InChI=1S/C16H22BrNO2/c1-12-14(17)3-2-4-15(12)20-11-16(6-7-16)10-18-8-5-13(19)9-18/h2-4,13,19H,5-11H2,1H3. The van der Waals surface area contributed by atoms with Gasteiger partial charge < -0.3 is 9.84 Å². The van der Waals surface area contributed by atoms with Crippen molar-refractivity contribution in [3.8, 4) is 5.75 Å². The number of aliphatic hydroxyl groups excluding tert-OH is 1. The number of β-amino-alcohol motifs (C(OH)–C–C–N with tert-alkyl or cyclic N) is 1. The zero-order chi connectivity index (χ0) is 14.2. The van der Waals surface area contributed by atoms with E-state index in [0.29, 0.717) is 5.41 Å². The molecule has 0 radical (unpaired) electrons. The number of nitrogens with zero attached hydrogens (tertiary/aromatic N) is 1. The second-order valence-electron chi connectivity index (χ2n) is 6.33. The Hall–Kier alpha value is -0.580. The predicted octanol–water partition coefficient (Wildman–Crippen LogP) is 2.98. The summed E-state index contributed by atoms with van der Waals surface area (Å²) in [5, 5.41) is 9.61. The molecule has 2 fully saturated rings. The van der Waals surface area contributed by atoms with Crippen LogP contribution in [0.15, 0.2) is 22.7 Å². The maximum Gasteiger partial charge on any atom is 0.123 e. The fourth-order valence-electron chi connectivity index (χ4n) is 2.93. The average Bonchev–Trinajstić information content (AvgIpc) is 3.06. The van der Waals surface area contributed by atoms with Crippen molar-refractivity contribution >= 4 is 15.9 Å². The molecule has 2 aliphatic rings. The topological polar surface area (TPSA) is 32.7 Å². The Balaban J connectivity index is 1.56. The molecule has 4 heteroatoms. The lowest BCUT2D eigenvalue weighted by Crippen LogP contribution is -2.32. The number of likely N-dealkylation sites (tertiary alicyclic amines) is 1. The molecule has 1 aliphatic carbocycles. The van der Waals surface area contributed by atoms with E-state index in [1.165, 1.54) is 18.4 Å². The van der Waals surface area contributed by atoms with E-state index < -0.39 is 0 Å². The van der Waals surface area contributed by atoms with Gasteiger partial charge in [-0.25, -0.2) is 0 Å². The van der Waals surface area contributed by atoms with Crippen LogP contribution >= 0.6 is 15.9 Å². The van der Waals surface area contributed by atoms with Crippen molar-refractivity contribution in [2.24, 2.45) is 5.41 Å². The van der Waals surface area contributed by atoms with Crippen LogP contribution in [-0.2, 0) is 0 Å². The molecule has 3 rings (SSSR count). The Bertz CT molecular complexity index is 487. The van der Waals surface area contributed by atoms with Crippen molar-refractivity contribution in [2.75, 3.05) is 26.2 Å². The molecule has 1 aromatic carbocycles. The summed E-state index contributed by atoms with van der Waals surface area (Å²) < 4.78 is 7.16. The number of rotatable bonds is 5. The van der Waals surface area contributed by atoms with E-state index >= 15 is 0 Å². The summed E-state index contributed by atoms with van der Waals surface area (Å²) in [6.45, 7) is 5.79. The van der Waals surface area contributed by atoms with Crippen molar-refractivity contribution in [1.29, 1.82) is 0 Å². The Morgan fingerprint density at radius 2 is 2.25 bits per heavy atom. The summed E-state index contributed by atoms with van der Waals surface area (Å²) in [4.78, 5) is 2.38. The van der Waals surface area contributed by atoms with E-state index in [9.17, 15) is 5.11 Å². The third kappa shape index (κ3) is 3.18. The van der Waals surface area contributed by atoms with Crippen molar-refractivity contribution in [2.45, 2.75) is 32.3 Å². The minimum absolute atomic E-state index is 0.126. The molecule has 0 amide bonds. The van der Waals surface area contributed by atoms with Crippen LogP contribution in [-0.4, -0.2) is 42.4 Å². The average molecular weight is 340 g/mol. The van der Waals surface area contributed by atoms with E-state index in [4.69, 9.17) is 4.74 Å². The molecule has 1 N–H and O–H groups in total. The first-order valence-electron chi connectivity index (χ1n) is 7.36. The van der Waals surface area contributed by atoms with Crippen molar-refractivity contribution in [3.05, 3.63) is 28.2 Å². The molecular formula is C16H22BrNO2. The number of ether oxygens (including phenoxy) is 1. The van der Waals surface area contributed by atoms with Crippen LogP contribution in [0.3, 0.4) is 0 Å². The molecule has 1 saturated heterocycles. The van der Waals surface area contributed by atoms with Crippen molar-refractivity contribution in [3.63, 3.8) is 0 Å². The van der Waals surface area contributed by atoms with Crippen molar-refractivity contribution < 1.29 is 9.84 Å². The second kappa shape index (κ2) is 5.66. The second-order valence-corrected chi connectivity index (χ2v) is 7.18. The normalized spacial score (nSPS) is 24.9. The van der Waals surface area contributed by atoms with Crippen LogP contribution in [0.1, 0.15) is 24.8 Å². The first-order valence-corrected chi connectivity index (χ1v) is 8.16. The molecule has 0 bridgehead atoms. The van der Waals surface area contributed by atoms with Gasteiger partial charge in [-0.1, -0.05) is 22.0 Å². The molecule has 1 saturated carbocycles. The van der Waals surface area contributed by atoms with E-state index in [2.05, 4.69) is 27.8 Å². The van der Waals surface area contributed by atoms with Gasteiger partial charge in [0.25, 0.3) is 0 Å². The summed E-state index contributed by atoms with van der Waals surface area (Å²) in [5.74, 6) is 0.979. The maximum atomic E-state index is 9.61. The predicted molar refractivity (Wildman–Crippen MR) is 83.1 cm³/mol. The minimum atomic E-state index is -0.126. The molecular weight excluding hydrogens is 318 g/mol. The minimum Gasteiger partial charge on any atom is -0.493 e. The molecule has 20 heavy (non-hydrogen) atoms. The molecule has 0 spiro atoms. The monoisotopic (exact) mass is 339 g/mol. The molecule has 1 aliphatic heterocycles. The molecule has 1 atom stereocenters. The smallest absolute Gasteiger partial charge is 0.123 e. The van der Waals surface area contributed by atoms with Gasteiger partial charge in [0.1, 0.15) is 5.75 Å². The Morgan fingerprint density at radius 3 is 2.90 bits per heavy atom. The summed E-state index contributed by atoms with van der Waals surface area (Å²) in [6, 6.07) is 6.10. The lowest BCUT2D eigenvalue weighted by molar-refractivity contribution is 0.148. The van der Waals surface area contributed by atoms with E-state index in [0.717, 1.165) is 42.9 Å². The third-order valence-electron chi connectivity index (χ3n) is 4.52. The molecule has 3 nitrogen and oxygen atoms in total. The Kier molecular flexibility index (Phi) is 4.07. The highest BCUT2D eigenvalue weighted by atomic mass is 79.9. The van der Waals surface area contributed by atoms with E-state index in [1.54, 1.807) is 0 Å². The molecule has 0 aromatic heterocycles. The van der Waals surface area contributed by atoms with Gasteiger partial charge in [0, 0.05) is 35.1 Å². The van der Waals surface area contributed by atoms with Crippen LogP contribution in [0.25, 0.3) is 0 Å². The summed E-state index contributed by atoms with van der Waals surface area (Å²) in [6.07, 6.45) is 3.28. The van der Waals surface area contributed by atoms with Crippen LogP contribution in [0.4, 0.5) is 0 Å². The number of halogens is 1. The number of aliphatic hydroxyl groups is 1. The van der Waals surface area contributed by atoms with Gasteiger partial charge in [0.2, 0.25) is 0 Å². The zero-order valence-electron chi connectivity index (χ0n) is 11.9. The fourth-order valence-corrected chi connectivity index (χ4v) is 3.28. The van der Waals surface area contributed by atoms with Gasteiger partial charge >= 0.3 is 0 Å². The van der Waals surface area contributed by atoms with Gasteiger partial charge in [-0.05, 0) is 38.3 Å². The molecule has 1 unspecified atom stereocenters. The fraction of sp³-hybridized carbons (Fsp3) is 0.625.